The van der Waals surface area contributed by atoms with Gasteiger partial charge in [0.2, 0.25) is 0 Å². The summed E-state index contributed by atoms with van der Waals surface area (Å²) in [6.07, 6.45) is 0. The zero-order valence-corrected chi connectivity index (χ0v) is 12.9. The molecule has 0 saturated carbocycles. The zero-order valence-electron chi connectivity index (χ0n) is 11.3. The second kappa shape index (κ2) is 5.85. The van der Waals surface area contributed by atoms with Gasteiger partial charge in [-0.05, 0) is 61.3 Å². The highest BCUT2D eigenvalue weighted by Gasteiger charge is 2.23. The lowest BCUT2D eigenvalue weighted by atomic mass is 10.1. The molecule has 0 atom stereocenters. The van der Waals surface area contributed by atoms with Crippen molar-refractivity contribution in [2.75, 3.05) is 13.1 Å². The highest BCUT2D eigenvalue weighted by molar-refractivity contribution is 9.10. The molecule has 1 amide bonds. The number of aryl methyl sites for hydroxylation is 1. The molecule has 3 nitrogen and oxygen atoms in total. The van der Waals surface area contributed by atoms with E-state index in [2.05, 4.69) is 15.9 Å². The zero-order chi connectivity index (χ0) is 13.9. The number of carbonyl (C=O) groups is 1. The number of amides is 1. The Morgan fingerprint density at radius 3 is 2.50 bits per heavy atom. The molecule has 0 aliphatic rings. The minimum atomic E-state index is -0.886. The number of carbonyl (C=O) groups excluding carboxylic acids is 1. The molecular weight excluding hydrogens is 294 g/mol. The van der Waals surface area contributed by atoms with Crippen molar-refractivity contribution in [3.8, 4) is 0 Å². The molecule has 0 spiro atoms. The van der Waals surface area contributed by atoms with Crippen LogP contribution in [0.4, 0.5) is 0 Å². The van der Waals surface area contributed by atoms with Gasteiger partial charge in [-0.25, -0.2) is 0 Å². The normalized spacial score (nSPS) is 11.4. The van der Waals surface area contributed by atoms with Crippen LogP contribution in [0.3, 0.4) is 0 Å². The van der Waals surface area contributed by atoms with Crippen LogP contribution in [-0.4, -0.2) is 34.6 Å². The third-order valence-electron chi connectivity index (χ3n) is 2.60. The fourth-order valence-corrected chi connectivity index (χ4v) is 2.42. The molecule has 0 heterocycles. The Bertz CT molecular complexity index is 438. The van der Waals surface area contributed by atoms with Gasteiger partial charge in [-0.15, -0.1) is 0 Å². The highest BCUT2D eigenvalue weighted by Crippen LogP contribution is 2.20. The maximum atomic E-state index is 12.4. The second-order valence-corrected chi connectivity index (χ2v) is 5.97. The van der Waals surface area contributed by atoms with Crippen molar-refractivity contribution < 1.29 is 9.90 Å². The van der Waals surface area contributed by atoms with Crippen LogP contribution in [0.25, 0.3) is 0 Å². The average Bonchev–Trinajstić information content (AvgIpc) is 2.24. The molecule has 1 N–H and O–H groups in total. The van der Waals surface area contributed by atoms with E-state index < -0.39 is 5.60 Å². The number of halogens is 1. The molecule has 0 aliphatic heterocycles. The number of benzene rings is 1. The summed E-state index contributed by atoms with van der Waals surface area (Å²) in [5.41, 5.74) is 0.846. The maximum Gasteiger partial charge on any atom is 0.255 e. The molecule has 100 valence electrons. The SMILES string of the molecule is CCN(CC(C)(C)O)C(=O)c1ccc(C)cc1Br. The third-order valence-corrected chi connectivity index (χ3v) is 3.26. The molecule has 0 radical (unpaired) electrons. The largest absolute Gasteiger partial charge is 0.389 e. The standard InChI is InChI=1S/C14H20BrNO2/c1-5-16(9-14(3,4)18)13(17)11-7-6-10(2)8-12(11)15/h6-8,18H,5,9H2,1-4H3. The number of rotatable bonds is 4. The Morgan fingerprint density at radius 1 is 1.44 bits per heavy atom. The Balaban J connectivity index is 2.97. The van der Waals surface area contributed by atoms with Crippen molar-refractivity contribution >= 4 is 21.8 Å². The Morgan fingerprint density at radius 2 is 2.06 bits per heavy atom. The van der Waals surface area contributed by atoms with Gasteiger partial charge in [0.1, 0.15) is 0 Å². The van der Waals surface area contributed by atoms with Crippen LogP contribution in [0.2, 0.25) is 0 Å². The van der Waals surface area contributed by atoms with E-state index in [1.807, 2.05) is 32.0 Å². The molecule has 4 heteroatoms. The lowest BCUT2D eigenvalue weighted by Gasteiger charge is -2.28. The van der Waals surface area contributed by atoms with Crippen LogP contribution in [0, 0.1) is 6.92 Å². The van der Waals surface area contributed by atoms with E-state index in [9.17, 15) is 9.90 Å². The summed E-state index contributed by atoms with van der Waals surface area (Å²) < 4.78 is 0.793. The lowest BCUT2D eigenvalue weighted by Crippen LogP contribution is -2.42. The third kappa shape index (κ3) is 4.10. The predicted molar refractivity (Wildman–Crippen MR) is 76.8 cm³/mol. The van der Waals surface area contributed by atoms with Gasteiger partial charge in [0.05, 0.1) is 11.2 Å². The molecule has 1 aromatic carbocycles. The first-order valence-electron chi connectivity index (χ1n) is 6.02. The number of aliphatic hydroxyl groups is 1. The van der Waals surface area contributed by atoms with E-state index in [0.717, 1.165) is 10.0 Å². The Labute approximate surface area is 117 Å². The van der Waals surface area contributed by atoms with E-state index in [-0.39, 0.29) is 5.91 Å². The van der Waals surface area contributed by atoms with Gasteiger partial charge in [0.25, 0.3) is 5.91 Å². The first-order valence-corrected chi connectivity index (χ1v) is 6.81. The molecule has 0 aliphatic carbocycles. The van der Waals surface area contributed by atoms with Crippen LogP contribution >= 0.6 is 15.9 Å². The van der Waals surface area contributed by atoms with Crippen molar-refractivity contribution in [2.45, 2.75) is 33.3 Å². The van der Waals surface area contributed by atoms with E-state index >= 15 is 0 Å². The molecule has 0 aromatic heterocycles. The Kier molecular flexibility index (Phi) is 4.93. The van der Waals surface area contributed by atoms with Gasteiger partial charge in [0, 0.05) is 17.6 Å². The van der Waals surface area contributed by atoms with Crippen LogP contribution in [0.5, 0.6) is 0 Å². The van der Waals surface area contributed by atoms with Crippen LogP contribution in [0.15, 0.2) is 22.7 Å². The molecule has 0 saturated heterocycles. The summed E-state index contributed by atoms with van der Waals surface area (Å²) >= 11 is 3.41. The quantitative estimate of drug-likeness (QED) is 0.928. The van der Waals surface area contributed by atoms with E-state index in [4.69, 9.17) is 0 Å². The van der Waals surface area contributed by atoms with Gasteiger partial charge in [-0.1, -0.05) is 6.07 Å². The van der Waals surface area contributed by atoms with E-state index in [1.54, 1.807) is 18.7 Å². The fraction of sp³-hybridized carbons (Fsp3) is 0.500. The average molecular weight is 314 g/mol. The molecule has 0 bridgehead atoms. The van der Waals surface area contributed by atoms with Gasteiger partial charge in [-0.2, -0.15) is 0 Å². The predicted octanol–water partition coefficient (Wildman–Crippen LogP) is 2.99. The summed E-state index contributed by atoms with van der Waals surface area (Å²) in [7, 11) is 0. The van der Waals surface area contributed by atoms with Crippen LogP contribution in [-0.2, 0) is 0 Å². The van der Waals surface area contributed by atoms with Crippen LogP contribution < -0.4 is 0 Å². The number of likely N-dealkylation sites (N-methyl/N-ethyl adjacent to an activating group) is 1. The molecule has 18 heavy (non-hydrogen) atoms. The highest BCUT2D eigenvalue weighted by atomic mass is 79.9. The lowest BCUT2D eigenvalue weighted by molar-refractivity contribution is 0.0314. The van der Waals surface area contributed by atoms with Crippen molar-refractivity contribution in [1.29, 1.82) is 0 Å². The molecule has 1 rings (SSSR count). The first-order chi connectivity index (χ1) is 8.24. The first kappa shape index (κ1) is 15.2. The topological polar surface area (TPSA) is 40.5 Å². The Hall–Kier alpha value is -0.870. The van der Waals surface area contributed by atoms with E-state index in [0.29, 0.717) is 18.7 Å². The molecule has 0 fully saturated rings. The summed E-state index contributed by atoms with van der Waals surface area (Å²) in [5, 5.41) is 9.82. The van der Waals surface area contributed by atoms with Crippen molar-refractivity contribution in [2.24, 2.45) is 0 Å². The number of hydrogen-bond acceptors (Lipinski definition) is 2. The summed E-state index contributed by atoms with van der Waals surface area (Å²) in [4.78, 5) is 14.0. The van der Waals surface area contributed by atoms with Crippen molar-refractivity contribution in [1.82, 2.24) is 4.90 Å². The summed E-state index contributed by atoms with van der Waals surface area (Å²) in [5.74, 6) is -0.0634. The minimum absolute atomic E-state index is 0.0634. The van der Waals surface area contributed by atoms with Crippen molar-refractivity contribution in [3.05, 3.63) is 33.8 Å². The maximum absolute atomic E-state index is 12.4. The van der Waals surface area contributed by atoms with Gasteiger partial charge >= 0.3 is 0 Å². The van der Waals surface area contributed by atoms with E-state index in [1.165, 1.54) is 0 Å². The smallest absolute Gasteiger partial charge is 0.255 e. The number of hydrogen-bond donors (Lipinski definition) is 1. The second-order valence-electron chi connectivity index (χ2n) is 5.12. The van der Waals surface area contributed by atoms with Crippen molar-refractivity contribution in [3.63, 3.8) is 0 Å². The van der Waals surface area contributed by atoms with Gasteiger partial charge < -0.3 is 10.0 Å². The van der Waals surface area contributed by atoms with Gasteiger partial charge in [0.15, 0.2) is 0 Å². The molecule has 0 unspecified atom stereocenters. The van der Waals surface area contributed by atoms with Gasteiger partial charge in [-0.3, -0.25) is 4.79 Å². The fourth-order valence-electron chi connectivity index (χ4n) is 1.76. The summed E-state index contributed by atoms with van der Waals surface area (Å²) in [6, 6.07) is 5.65. The monoisotopic (exact) mass is 313 g/mol. The van der Waals surface area contributed by atoms with Crippen LogP contribution in [0.1, 0.15) is 36.7 Å². The number of nitrogens with zero attached hydrogens (tertiary/aromatic N) is 1. The summed E-state index contributed by atoms with van der Waals surface area (Å²) in [6.45, 7) is 8.19. The molecule has 1 aromatic rings. The molecular formula is C14H20BrNO2. The minimum Gasteiger partial charge on any atom is -0.389 e.